The van der Waals surface area contributed by atoms with Crippen LogP contribution in [0, 0.1) is 0 Å². The number of aromatic amines is 1. The third-order valence-electron chi connectivity index (χ3n) is 4.38. The Morgan fingerprint density at radius 1 is 1.12 bits per heavy atom. The van der Waals surface area contributed by atoms with E-state index in [1.54, 1.807) is 11.3 Å². The molecule has 25 heavy (non-hydrogen) atoms. The Kier molecular flexibility index (Phi) is 3.11. The molecule has 1 aliphatic rings. The third kappa shape index (κ3) is 2.38. The Hall–Kier alpha value is -3.12. The summed E-state index contributed by atoms with van der Waals surface area (Å²) in [6.07, 6.45) is 0.904. The fourth-order valence-electron chi connectivity index (χ4n) is 3.19. The smallest absolute Gasteiger partial charge is 0.286 e. The van der Waals surface area contributed by atoms with Gasteiger partial charge in [-0.1, -0.05) is 53.8 Å². The van der Waals surface area contributed by atoms with Gasteiger partial charge in [-0.3, -0.25) is 15.6 Å². The van der Waals surface area contributed by atoms with Crippen LogP contribution in [0.1, 0.15) is 20.9 Å². The van der Waals surface area contributed by atoms with E-state index in [-0.39, 0.29) is 5.91 Å². The molecule has 1 amide bonds. The maximum Gasteiger partial charge on any atom is 0.286 e. The highest BCUT2D eigenvalue weighted by Crippen LogP contribution is 2.40. The molecular weight excluding hydrogens is 332 g/mol. The van der Waals surface area contributed by atoms with Crippen molar-refractivity contribution in [3.05, 3.63) is 70.7 Å². The van der Waals surface area contributed by atoms with Crippen molar-refractivity contribution in [1.29, 1.82) is 0 Å². The SMILES string of the molecule is O=C(NNc1nc2c(s1)Cc1ccccc1-2)c1cc2ccccc2[nH]1. The number of hydrogen-bond donors (Lipinski definition) is 3. The Morgan fingerprint density at radius 3 is 2.88 bits per heavy atom. The number of carbonyl (C=O) groups excluding carboxylic acids is 1. The van der Waals surface area contributed by atoms with E-state index >= 15 is 0 Å². The number of amides is 1. The third-order valence-corrected chi connectivity index (χ3v) is 5.35. The summed E-state index contributed by atoms with van der Waals surface area (Å²) in [5, 5.41) is 1.71. The topological polar surface area (TPSA) is 69.8 Å². The van der Waals surface area contributed by atoms with E-state index in [1.165, 1.54) is 16.0 Å². The molecule has 3 N–H and O–H groups in total. The standard InChI is InChI=1S/C19H14N4OS/c24-18(15-9-12-6-2-4-8-14(12)20-15)22-23-19-21-17-13-7-3-1-5-11(13)10-16(17)25-19/h1-9,20H,10H2,(H,21,23)(H,22,24). The van der Waals surface area contributed by atoms with Gasteiger partial charge in [0, 0.05) is 27.8 Å². The van der Waals surface area contributed by atoms with Gasteiger partial charge in [0.05, 0.1) is 5.69 Å². The van der Waals surface area contributed by atoms with Gasteiger partial charge in [-0.2, -0.15) is 0 Å². The second-order valence-electron chi connectivity index (χ2n) is 5.97. The molecule has 0 aliphatic heterocycles. The first-order valence-electron chi connectivity index (χ1n) is 8.00. The van der Waals surface area contributed by atoms with Crippen LogP contribution in [0.25, 0.3) is 22.2 Å². The van der Waals surface area contributed by atoms with Crippen LogP contribution in [0.2, 0.25) is 0 Å². The fourth-order valence-corrected chi connectivity index (χ4v) is 4.14. The van der Waals surface area contributed by atoms with Gasteiger partial charge in [0.1, 0.15) is 5.69 Å². The zero-order valence-corrected chi connectivity index (χ0v) is 14.0. The number of carbonyl (C=O) groups is 1. The maximum atomic E-state index is 12.3. The molecule has 1 aliphatic carbocycles. The van der Waals surface area contributed by atoms with E-state index in [0.29, 0.717) is 10.8 Å². The van der Waals surface area contributed by atoms with Crippen molar-refractivity contribution in [3.8, 4) is 11.3 Å². The van der Waals surface area contributed by atoms with Crippen LogP contribution in [0.15, 0.2) is 54.6 Å². The number of nitrogens with zero attached hydrogens (tertiary/aromatic N) is 1. The first-order chi connectivity index (χ1) is 12.3. The molecule has 0 unspecified atom stereocenters. The number of aromatic nitrogens is 2. The molecule has 0 saturated carbocycles. The number of anilines is 1. The number of H-pyrrole nitrogens is 1. The largest absolute Gasteiger partial charge is 0.350 e. The van der Waals surface area contributed by atoms with E-state index in [9.17, 15) is 4.79 Å². The summed E-state index contributed by atoms with van der Waals surface area (Å²) in [5.74, 6) is -0.216. The Labute approximate surface area is 147 Å². The predicted octanol–water partition coefficient (Wildman–Crippen LogP) is 3.95. The van der Waals surface area contributed by atoms with Crippen molar-refractivity contribution in [3.63, 3.8) is 0 Å². The number of nitrogens with one attached hydrogen (secondary N) is 3. The molecule has 122 valence electrons. The van der Waals surface area contributed by atoms with Crippen molar-refractivity contribution in [2.75, 3.05) is 5.43 Å². The minimum atomic E-state index is -0.216. The molecule has 5 nitrogen and oxygen atoms in total. The molecule has 2 aromatic carbocycles. The number of hydrazine groups is 1. The zero-order chi connectivity index (χ0) is 16.8. The van der Waals surface area contributed by atoms with Crippen LogP contribution in [0.3, 0.4) is 0 Å². The molecule has 0 fully saturated rings. The van der Waals surface area contributed by atoms with Crippen molar-refractivity contribution in [1.82, 2.24) is 15.4 Å². The lowest BCUT2D eigenvalue weighted by Gasteiger charge is -2.04. The van der Waals surface area contributed by atoms with Gasteiger partial charge in [0.15, 0.2) is 0 Å². The van der Waals surface area contributed by atoms with Crippen molar-refractivity contribution < 1.29 is 4.79 Å². The van der Waals surface area contributed by atoms with Crippen LogP contribution in [0.5, 0.6) is 0 Å². The highest BCUT2D eigenvalue weighted by Gasteiger charge is 2.23. The van der Waals surface area contributed by atoms with Gasteiger partial charge in [-0.05, 0) is 17.7 Å². The highest BCUT2D eigenvalue weighted by molar-refractivity contribution is 7.16. The van der Waals surface area contributed by atoms with Crippen LogP contribution in [-0.4, -0.2) is 15.9 Å². The van der Waals surface area contributed by atoms with Gasteiger partial charge < -0.3 is 4.98 Å². The lowest BCUT2D eigenvalue weighted by atomic mass is 10.1. The molecule has 2 heterocycles. The number of thiazole rings is 1. The molecule has 0 radical (unpaired) electrons. The maximum absolute atomic E-state index is 12.3. The molecule has 4 aromatic rings. The zero-order valence-electron chi connectivity index (χ0n) is 13.2. The lowest BCUT2D eigenvalue weighted by molar-refractivity contribution is 0.0958. The first-order valence-corrected chi connectivity index (χ1v) is 8.82. The number of benzene rings is 2. The van der Waals surface area contributed by atoms with Crippen LogP contribution < -0.4 is 10.9 Å². The summed E-state index contributed by atoms with van der Waals surface area (Å²) in [6.45, 7) is 0. The monoisotopic (exact) mass is 346 g/mol. The summed E-state index contributed by atoms with van der Waals surface area (Å²) >= 11 is 1.57. The van der Waals surface area contributed by atoms with Gasteiger partial charge in [-0.25, -0.2) is 4.98 Å². The number of hydrogen-bond acceptors (Lipinski definition) is 4. The average molecular weight is 346 g/mol. The fraction of sp³-hybridized carbons (Fsp3) is 0.0526. The molecule has 0 atom stereocenters. The molecule has 6 heteroatoms. The van der Waals surface area contributed by atoms with Gasteiger partial charge in [0.2, 0.25) is 5.13 Å². The summed E-state index contributed by atoms with van der Waals surface area (Å²) in [7, 11) is 0. The minimum Gasteiger partial charge on any atom is -0.350 e. The molecule has 2 aromatic heterocycles. The quantitative estimate of drug-likeness (QED) is 0.433. The van der Waals surface area contributed by atoms with E-state index in [4.69, 9.17) is 0 Å². The average Bonchev–Trinajstić information content (AvgIpc) is 3.31. The summed E-state index contributed by atoms with van der Waals surface area (Å²) in [6, 6.07) is 17.9. The normalized spacial score (nSPS) is 12.0. The summed E-state index contributed by atoms with van der Waals surface area (Å²) in [4.78, 5) is 21.3. The highest BCUT2D eigenvalue weighted by atomic mass is 32.1. The van der Waals surface area contributed by atoms with E-state index in [2.05, 4.69) is 39.0 Å². The Bertz CT molecular complexity index is 1080. The van der Waals surface area contributed by atoms with Gasteiger partial charge in [-0.15, -0.1) is 0 Å². The van der Waals surface area contributed by atoms with Crippen molar-refractivity contribution in [2.45, 2.75) is 6.42 Å². The van der Waals surface area contributed by atoms with E-state index in [1.807, 2.05) is 36.4 Å². The van der Waals surface area contributed by atoms with E-state index < -0.39 is 0 Å². The lowest BCUT2D eigenvalue weighted by Crippen LogP contribution is -2.29. The number of rotatable bonds is 3. The van der Waals surface area contributed by atoms with Crippen molar-refractivity contribution >= 4 is 33.3 Å². The second-order valence-corrected chi connectivity index (χ2v) is 7.06. The second kappa shape index (κ2) is 5.46. The van der Waals surface area contributed by atoms with Crippen LogP contribution >= 0.6 is 11.3 Å². The van der Waals surface area contributed by atoms with Crippen LogP contribution in [-0.2, 0) is 6.42 Å². The minimum absolute atomic E-state index is 0.216. The number of para-hydroxylation sites is 1. The molecular formula is C19H14N4OS. The summed E-state index contributed by atoms with van der Waals surface area (Å²) < 4.78 is 0. The molecule has 5 rings (SSSR count). The molecule has 0 spiro atoms. The van der Waals surface area contributed by atoms with Gasteiger partial charge in [0.25, 0.3) is 5.91 Å². The van der Waals surface area contributed by atoms with Crippen molar-refractivity contribution in [2.24, 2.45) is 0 Å². The predicted molar refractivity (Wildman–Crippen MR) is 99.7 cm³/mol. The van der Waals surface area contributed by atoms with Gasteiger partial charge >= 0.3 is 0 Å². The molecule has 0 saturated heterocycles. The molecule has 0 bridgehead atoms. The van der Waals surface area contributed by atoms with Crippen LogP contribution in [0.4, 0.5) is 5.13 Å². The first kappa shape index (κ1) is 14.2. The Morgan fingerprint density at radius 2 is 1.96 bits per heavy atom. The number of fused-ring (bicyclic) bond motifs is 4. The summed E-state index contributed by atoms with van der Waals surface area (Å²) in [5.41, 5.74) is 10.6. The van der Waals surface area contributed by atoms with E-state index in [0.717, 1.165) is 23.0 Å². The Balaban J connectivity index is 1.33.